The Bertz CT molecular complexity index is 191. The SMILES string of the molecule is CC(N)C(=O)N1CCC2CC21. The predicted octanol–water partition coefficient (Wildman–Crippen LogP) is -0.0456. The highest BCUT2D eigenvalue weighted by Gasteiger charge is 2.48. The Kier molecular flexibility index (Phi) is 1.42. The summed E-state index contributed by atoms with van der Waals surface area (Å²) in [5, 5.41) is 0. The van der Waals surface area contributed by atoms with E-state index in [1.807, 2.05) is 4.90 Å². The fourth-order valence-corrected chi connectivity index (χ4v) is 1.93. The molecule has 1 saturated heterocycles. The molecule has 1 aliphatic carbocycles. The minimum atomic E-state index is -0.311. The number of carbonyl (C=O) groups excluding carboxylic acids is 1. The molecule has 3 nitrogen and oxygen atoms in total. The molecule has 3 heteroatoms. The Hall–Kier alpha value is -0.570. The van der Waals surface area contributed by atoms with Crippen LogP contribution in [0.5, 0.6) is 0 Å². The van der Waals surface area contributed by atoms with Gasteiger partial charge >= 0.3 is 0 Å². The lowest BCUT2D eigenvalue weighted by molar-refractivity contribution is -0.132. The maximum atomic E-state index is 11.4. The summed E-state index contributed by atoms with van der Waals surface area (Å²) in [5.41, 5.74) is 5.51. The van der Waals surface area contributed by atoms with Crippen LogP contribution in [-0.4, -0.2) is 29.4 Å². The highest BCUT2D eigenvalue weighted by molar-refractivity contribution is 5.82. The molecule has 1 amide bonds. The van der Waals surface area contributed by atoms with Crippen LogP contribution in [0.2, 0.25) is 0 Å². The fraction of sp³-hybridized carbons (Fsp3) is 0.875. The molecule has 11 heavy (non-hydrogen) atoms. The van der Waals surface area contributed by atoms with Gasteiger partial charge in [-0.25, -0.2) is 0 Å². The van der Waals surface area contributed by atoms with E-state index in [1.54, 1.807) is 6.92 Å². The minimum Gasteiger partial charge on any atom is -0.338 e. The maximum Gasteiger partial charge on any atom is 0.239 e. The molecule has 3 atom stereocenters. The van der Waals surface area contributed by atoms with E-state index in [2.05, 4.69) is 0 Å². The van der Waals surface area contributed by atoms with Crippen LogP contribution >= 0.6 is 0 Å². The molecule has 1 saturated carbocycles. The van der Waals surface area contributed by atoms with Crippen molar-refractivity contribution in [2.24, 2.45) is 11.7 Å². The normalized spacial score (nSPS) is 36.7. The molecule has 2 aliphatic rings. The summed E-state index contributed by atoms with van der Waals surface area (Å²) in [6.07, 6.45) is 2.42. The van der Waals surface area contributed by atoms with Gasteiger partial charge in [-0.1, -0.05) is 0 Å². The van der Waals surface area contributed by atoms with E-state index in [-0.39, 0.29) is 11.9 Å². The Balaban J connectivity index is 1.99. The monoisotopic (exact) mass is 154 g/mol. The van der Waals surface area contributed by atoms with Gasteiger partial charge < -0.3 is 10.6 Å². The average molecular weight is 154 g/mol. The van der Waals surface area contributed by atoms with Crippen molar-refractivity contribution in [2.75, 3.05) is 6.54 Å². The summed E-state index contributed by atoms with van der Waals surface area (Å²) in [5.74, 6) is 0.952. The fourth-order valence-electron chi connectivity index (χ4n) is 1.93. The average Bonchev–Trinajstić information content (AvgIpc) is 2.62. The van der Waals surface area contributed by atoms with Crippen molar-refractivity contribution in [1.82, 2.24) is 4.90 Å². The van der Waals surface area contributed by atoms with Crippen LogP contribution in [0.1, 0.15) is 19.8 Å². The molecule has 0 radical (unpaired) electrons. The largest absolute Gasteiger partial charge is 0.338 e. The van der Waals surface area contributed by atoms with Crippen LogP contribution in [0.25, 0.3) is 0 Å². The van der Waals surface area contributed by atoms with Crippen molar-refractivity contribution in [3.63, 3.8) is 0 Å². The molecule has 0 aromatic heterocycles. The summed E-state index contributed by atoms with van der Waals surface area (Å²) < 4.78 is 0. The number of rotatable bonds is 1. The van der Waals surface area contributed by atoms with Crippen molar-refractivity contribution < 1.29 is 4.79 Å². The van der Waals surface area contributed by atoms with E-state index in [9.17, 15) is 4.79 Å². The van der Waals surface area contributed by atoms with Crippen molar-refractivity contribution in [2.45, 2.75) is 31.8 Å². The second kappa shape index (κ2) is 2.21. The van der Waals surface area contributed by atoms with E-state index < -0.39 is 0 Å². The highest BCUT2D eigenvalue weighted by Crippen LogP contribution is 2.44. The first-order chi connectivity index (χ1) is 5.20. The van der Waals surface area contributed by atoms with E-state index in [4.69, 9.17) is 5.73 Å². The van der Waals surface area contributed by atoms with Gasteiger partial charge in [0.1, 0.15) is 0 Å². The van der Waals surface area contributed by atoms with Gasteiger partial charge in [0.25, 0.3) is 0 Å². The molecular formula is C8H14N2O. The molecule has 0 aromatic rings. The molecule has 0 aromatic carbocycles. The number of hydrogen-bond donors (Lipinski definition) is 1. The van der Waals surface area contributed by atoms with E-state index in [1.165, 1.54) is 12.8 Å². The molecule has 1 aliphatic heterocycles. The number of piperidine rings is 1. The van der Waals surface area contributed by atoms with Crippen LogP contribution in [0.15, 0.2) is 0 Å². The van der Waals surface area contributed by atoms with Crippen molar-refractivity contribution >= 4 is 5.91 Å². The molecule has 62 valence electrons. The third kappa shape index (κ3) is 1.03. The Morgan fingerprint density at radius 1 is 1.73 bits per heavy atom. The van der Waals surface area contributed by atoms with Gasteiger partial charge in [0, 0.05) is 12.6 Å². The Morgan fingerprint density at radius 3 is 2.82 bits per heavy atom. The summed E-state index contributed by atoms with van der Waals surface area (Å²) in [4.78, 5) is 13.3. The predicted molar refractivity (Wildman–Crippen MR) is 41.9 cm³/mol. The number of carbonyl (C=O) groups is 1. The van der Waals surface area contributed by atoms with Crippen LogP contribution in [0.4, 0.5) is 0 Å². The van der Waals surface area contributed by atoms with Crippen molar-refractivity contribution in [3.8, 4) is 0 Å². The Morgan fingerprint density at radius 2 is 2.45 bits per heavy atom. The van der Waals surface area contributed by atoms with Gasteiger partial charge in [0.2, 0.25) is 5.91 Å². The van der Waals surface area contributed by atoms with E-state index >= 15 is 0 Å². The molecule has 0 spiro atoms. The molecule has 0 bridgehead atoms. The first-order valence-electron chi connectivity index (χ1n) is 4.26. The second-order valence-electron chi connectivity index (χ2n) is 3.67. The summed E-state index contributed by atoms with van der Waals surface area (Å²) in [6, 6.07) is 0.253. The van der Waals surface area contributed by atoms with Gasteiger partial charge in [-0.3, -0.25) is 4.79 Å². The van der Waals surface area contributed by atoms with E-state index in [0.717, 1.165) is 12.5 Å². The molecular weight excluding hydrogens is 140 g/mol. The van der Waals surface area contributed by atoms with Crippen LogP contribution < -0.4 is 5.73 Å². The highest BCUT2D eigenvalue weighted by atomic mass is 16.2. The zero-order valence-electron chi connectivity index (χ0n) is 6.79. The Labute approximate surface area is 66.5 Å². The number of nitrogens with zero attached hydrogens (tertiary/aromatic N) is 1. The quantitative estimate of drug-likeness (QED) is 0.576. The third-order valence-electron chi connectivity index (χ3n) is 2.70. The van der Waals surface area contributed by atoms with Gasteiger partial charge in [0.05, 0.1) is 6.04 Å². The van der Waals surface area contributed by atoms with Crippen LogP contribution in [0.3, 0.4) is 0 Å². The third-order valence-corrected chi connectivity index (χ3v) is 2.70. The standard InChI is InChI=1S/C8H14N2O/c1-5(9)8(11)10-3-2-6-4-7(6)10/h5-7H,2-4,9H2,1H3. The minimum absolute atomic E-state index is 0.134. The summed E-state index contributed by atoms with van der Waals surface area (Å²) >= 11 is 0. The second-order valence-corrected chi connectivity index (χ2v) is 3.67. The first kappa shape index (κ1) is 7.10. The van der Waals surface area contributed by atoms with Crippen molar-refractivity contribution in [3.05, 3.63) is 0 Å². The van der Waals surface area contributed by atoms with Gasteiger partial charge in [0.15, 0.2) is 0 Å². The summed E-state index contributed by atoms with van der Waals surface area (Å²) in [7, 11) is 0. The van der Waals surface area contributed by atoms with Crippen LogP contribution in [-0.2, 0) is 4.79 Å². The van der Waals surface area contributed by atoms with Gasteiger partial charge in [-0.05, 0) is 25.7 Å². The van der Waals surface area contributed by atoms with Crippen LogP contribution in [0, 0.1) is 5.92 Å². The number of hydrogen-bond acceptors (Lipinski definition) is 2. The zero-order chi connectivity index (χ0) is 8.01. The van der Waals surface area contributed by atoms with Gasteiger partial charge in [-0.2, -0.15) is 0 Å². The lowest BCUT2D eigenvalue weighted by atomic mass is 10.3. The summed E-state index contributed by atoms with van der Waals surface area (Å²) in [6.45, 7) is 2.70. The number of nitrogens with two attached hydrogens (primary N) is 1. The van der Waals surface area contributed by atoms with Crippen molar-refractivity contribution in [1.29, 1.82) is 0 Å². The number of likely N-dealkylation sites (tertiary alicyclic amines) is 1. The molecule has 2 rings (SSSR count). The molecule has 1 heterocycles. The maximum absolute atomic E-state index is 11.4. The smallest absolute Gasteiger partial charge is 0.239 e. The molecule has 3 unspecified atom stereocenters. The first-order valence-corrected chi connectivity index (χ1v) is 4.26. The lowest BCUT2D eigenvalue weighted by Gasteiger charge is -2.19. The number of fused-ring (bicyclic) bond motifs is 1. The van der Waals surface area contributed by atoms with Gasteiger partial charge in [-0.15, -0.1) is 0 Å². The lowest BCUT2D eigenvalue weighted by Crippen LogP contribution is -2.41. The molecule has 2 N–H and O–H groups in total. The van der Waals surface area contributed by atoms with E-state index in [0.29, 0.717) is 6.04 Å². The topological polar surface area (TPSA) is 46.3 Å². The zero-order valence-corrected chi connectivity index (χ0v) is 6.79. The molecule has 2 fully saturated rings. The number of amides is 1.